The van der Waals surface area contributed by atoms with Gasteiger partial charge in [-0.1, -0.05) is 121 Å². The van der Waals surface area contributed by atoms with Crippen LogP contribution in [0.5, 0.6) is 0 Å². The maximum Gasteiger partial charge on any atom is 0.234 e. The summed E-state index contributed by atoms with van der Waals surface area (Å²) < 4.78 is 0. The van der Waals surface area contributed by atoms with Crippen molar-refractivity contribution in [3.63, 3.8) is 0 Å². The lowest BCUT2D eigenvalue weighted by Gasteiger charge is -2.33. The van der Waals surface area contributed by atoms with Crippen LogP contribution in [0.15, 0.2) is 121 Å². The molecule has 0 aromatic heterocycles. The molecule has 4 aromatic carbocycles. The van der Waals surface area contributed by atoms with E-state index in [1.165, 1.54) is 0 Å². The average Bonchev–Trinajstić information content (AvgIpc) is 3.32. The number of benzene rings is 4. The summed E-state index contributed by atoms with van der Waals surface area (Å²) in [5.74, 6) is -2.50. The molecule has 1 heterocycles. The van der Waals surface area contributed by atoms with E-state index < -0.39 is 0 Å². The van der Waals surface area contributed by atoms with Crippen LogP contribution in [-0.4, -0.2) is 171 Å². The van der Waals surface area contributed by atoms with E-state index in [0.717, 1.165) is 0 Å². The van der Waals surface area contributed by atoms with E-state index in [0.29, 0.717) is 74.6 Å². The second-order valence-electron chi connectivity index (χ2n) is 15.4. The molecule has 1 aliphatic rings. The van der Waals surface area contributed by atoms with Crippen molar-refractivity contribution in [2.45, 2.75) is 0 Å². The zero-order valence-corrected chi connectivity index (χ0v) is 35.9. The number of rotatable bonds is 20. The third-order valence-corrected chi connectivity index (χ3v) is 10.6. The molecule has 1 saturated heterocycles. The lowest BCUT2D eigenvalue weighted by Crippen LogP contribution is -2.52. The van der Waals surface area contributed by atoms with Crippen molar-refractivity contribution >= 4 is 46.8 Å². The van der Waals surface area contributed by atoms with E-state index in [2.05, 4.69) is 21.3 Å². The summed E-state index contributed by atoms with van der Waals surface area (Å²) in [5.41, 5.74) is 1.89. The Balaban J connectivity index is 1.28. The highest BCUT2D eigenvalue weighted by Gasteiger charge is 2.23. The Morgan fingerprint density at radius 2 is 0.469 bits per heavy atom. The Labute approximate surface area is 373 Å². The molecule has 0 unspecified atom stereocenters. The van der Waals surface area contributed by atoms with E-state index in [4.69, 9.17) is 0 Å². The summed E-state index contributed by atoms with van der Waals surface area (Å²) in [6.07, 6.45) is 0. The standard InChI is InChI=1S/C48H56N8O8/c57-41(37-13-5-1-6-14-37)29-49-45(61)33-53-21-23-54(34-46(62)50-30-42(58)38-15-7-2-8-16-38)25-27-56(36-48(64)52-32-44(60)40-19-11-4-12-20-40)28-26-55(24-22-53)35-47(63)51-31-43(59)39-17-9-3-10-18-39/h1-20H,21-36H2,(H,49,61)(H,50,62)(H,51,63)(H,52,64). The van der Waals surface area contributed by atoms with Gasteiger partial charge in [-0.2, -0.15) is 0 Å². The van der Waals surface area contributed by atoms with Crippen LogP contribution >= 0.6 is 0 Å². The maximum atomic E-state index is 13.3. The molecular weight excluding hydrogens is 817 g/mol. The van der Waals surface area contributed by atoms with Crippen LogP contribution in [0.25, 0.3) is 0 Å². The maximum absolute atomic E-state index is 13.3. The fraction of sp³-hybridized carbons (Fsp3) is 0.333. The average molecular weight is 873 g/mol. The molecule has 0 spiro atoms. The highest BCUT2D eigenvalue weighted by atomic mass is 16.2. The Kier molecular flexibility index (Phi) is 19.7. The molecule has 1 fully saturated rings. The normalized spacial score (nSPS) is 14.5. The van der Waals surface area contributed by atoms with Crippen molar-refractivity contribution in [3.8, 4) is 0 Å². The van der Waals surface area contributed by atoms with Gasteiger partial charge in [-0.3, -0.25) is 58.0 Å². The number of nitrogens with one attached hydrogen (secondary N) is 4. The predicted molar refractivity (Wildman–Crippen MR) is 241 cm³/mol. The Morgan fingerprint density at radius 3 is 0.641 bits per heavy atom. The van der Waals surface area contributed by atoms with Gasteiger partial charge in [-0.05, 0) is 0 Å². The first-order valence-electron chi connectivity index (χ1n) is 21.3. The second-order valence-corrected chi connectivity index (χ2v) is 15.4. The molecule has 16 nitrogen and oxygen atoms in total. The van der Waals surface area contributed by atoms with Gasteiger partial charge >= 0.3 is 0 Å². The Morgan fingerprint density at radius 1 is 0.297 bits per heavy atom. The molecule has 1 aliphatic heterocycles. The van der Waals surface area contributed by atoms with Gasteiger partial charge in [0.2, 0.25) is 23.6 Å². The summed E-state index contributed by atoms with van der Waals surface area (Å²) in [7, 11) is 0. The predicted octanol–water partition coefficient (Wildman–Crippen LogP) is 1.20. The van der Waals surface area contributed by atoms with E-state index in [1.54, 1.807) is 121 Å². The van der Waals surface area contributed by atoms with Crippen LogP contribution in [-0.2, 0) is 19.2 Å². The largest absolute Gasteiger partial charge is 0.348 e. The van der Waals surface area contributed by atoms with Gasteiger partial charge in [0.15, 0.2) is 23.1 Å². The summed E-state index contributed by atoms with van der Waals surface area (Å²) >= 11 is 0. The van der Waals surface area contributed by atoms with Crippen molar-refractivity contribution in [3.05, 3.63) is 144 Å². The number of nitrogens with zero attached hydrogens (tertiary/aromatic N) is 4. The van der Waals surface area contributed by atoms with E-state index in [1.807, 2.05) is 19.6 Å². The highest BCUT2D eigenvalue weighted by Crippen LogP contribution is 2.05. The summed E-state index contributed by atoms with van der Waals surface area (Å²) in [4.78, 5) is 112. The van der Waals surface area contributed by atoms with Gasteiger partial charge in [0.05, 0.1) is 52.4 Å². The van der Waals surface area contributed by atoms with Crippen molar-refractivity contribution in [2.24, 2.45) is 0 Å². The lowest BCUT2D eigenvalue weighted by atomic mass is 10.1. The number of Topliss-reactive ketones (excluding diaryl/α,β-unsaturated/α-hetero) is 4. The molecule has 4 N–H and O–H groups in total. The number of hydrogen-bond acceptors (Lipinski definition) is 12. The van der Waals surface area contributed by atoms with Crippen LogP contribution in [0, 0.1) is 0 Å². The van der Waals surface area contributed by atoms with Crippen molar-refractivity contribution in [2.75, 3.05) is 105 Å². The molecule has 4 aromatic rings. The first kappa shape index (κ1) is 48.3. The van der Waals surface area contributed by atoms with Gasteiger partial charge in [-0.25, -0.2) is 0 Å². The molecule has 0 atom stereocenters. The fourth-order valence-electron chi connectivity index (χ4n) is 6.87. The summed E-state index contributed by atoms with van der Waals surface area (Å²) in [5, 5.41) is 10.9. The second kappa shape index (κ2) is 26.0. The molecule has 5 rings (SSSR count). The van der Waals surface area contributed by atoms with Crippen LogP contribution in [0.4, 0.5) is 0 Å². The third-order valence-electron chi connectivity index (χ3n) is 10.6. The molecule has 16 heteroatoms. The molecule has 0 radical (unpaired) electrons. The molecule has 4 amide bonds. The molecule has 0 saturated carbocycles. The number of hydrogen-bond donors (Lipinski definition) is 4. The lowest BCUT2D eigenvalue weighted by molar-refractivity contribution is -0.124. The number of amides is 4. The van der Waals surface area contributed by atoms with Gasteiger partial charge in [0, 0.05) is 74.6 Å². The summed E-state index contributed by atoms with van der Waals surface area (Å²) in [6, 6.07) is 34.6. The SMILES string of the molecule is O=C(CN1CCN(CC(=O)NCC(=O)c2ccccc2)CCN(CC(=O)NCC(=O)c2ccccc2)CCN(CC(=O)NCC(=O)c2ccccc2)CC1)NCC(=O)c1ccccc1. The smallest absolute Gasteiger partial charge is 0.234 e. The van der Waals surface area contributed by atoms with Crippen molar-refractivity contribution in [1.29, 1.82) is 0 Å². The van der Waals surface area contributed by atoms with Gasteiger partial charge in [0.1, 0.15) is 0 Å². The fourth-order valence-corrected chi connectivity index (χ4v) is 6.87. The van der Waals surface area contributed by atoms with Crippen molar-refractivity contribution < 1.29 is 38.4 Å². The minimum atomic E-state index is -0.383. The van der Waals surface area contributed by atoms with Crippen LogP contribution in [0.1, 0.15) is 41.4 Å². The third kappa shape index (κ3) is 17.2. The first-order valence-corrected chi connectivity index (χ1v) is 21.3. The molecule has 0 aliphatic carbocycles. The molecule has 336 valence electrons. The minimum absolute atomic E-state index is 0.0761. The van der Waals surface area contributed by atoms with Crippen LogP contribution in [0.3, 0.4) is 0 Å². The zero-order chi connectivity index (χ0) is 45.5. The van der Waals surface area contributed by atoms with E-state index in [-0.39, 0.29) is 99.1 Å². The number of ketones is 4. The minimum Gasteiger partial charge on any atom is -0.348 e. The van der Waals surface area contributed by atoms with E-state index >= 15 is 0 Å². The number of carbonyl (C=O) groups is 8. The van der Waals surface area contributed by atoms with E-state index in [9.17, 15) is 38.4 Å². The highest BCUT2D eigenvalue weighted by molar-refractivity contribution is 6.01. The van der Waals surface area contributed by atoms with Gasteiger partial charge in [-0.15, -0.1) is 0 Å². The van der Waals surface area contributed by atoms with Gasteiger partial charge in [0.25, 0.3) is 0 Å². The number of carbonyl (C=O) groups excluding carboxylic acids is 8. The molecule has 64 heavy (non-hydrogen) atoms. The topological polar surface area (TPSA) is 198 Å². The van der Waals surface area contributed by atoms with Crippen LogP contribution in [0.2, 0.25) is 0 Å². The molecule has 0 bridgehead atoms. The zero-order valence-electron chi connectivity index (χ0n) is 35.9. The van der Waals surface area contributed by atoms with Crippen molar-refractivity contribution in [1.82, 2.24) is 40.9 Å². The van der Waals surface area contributed by atoms with Gasteiger partial charge < -0.3 is 21.3 Å². The monoisotopic (exact) mass is 872 g/mol. The Bertz CT molecular complexity index is 1850. The quantitative estimate of drug-likeness (QED) is 0.0929. The Hall–Kier alpha value is -6.72. The first-order chi connectivity index (χ1) is 31.0. The molecular formula is C48H56N8O8. The summed E-state index contributed by atoms with van der Waals surface area (Å²) in [6.45, 7) is 1.40. The van der Waals surface area contributed by atoms with Crippen LogP contribution < -0.4 is 21.3 Å².